The average Bonchev–Trinajstić information content (AvgIpc) is 1.93. The first-order chi connectivity index (χ1) is 5.20. The molecule has 0 radical (unpaired) electrons. The maximum Gasteiger partial charge on any atom is 0.0662 e. The van der Waals surface area contributed by atoms with Crippen molar-refractivity contribution < 1.29 is 0 Å². The molecule has 1 aliphatic rings. The number of allylic oxidation sites excluding steroid dienone is 1. The summed E-state index contributed by atoms with van der Waals surface area (Å²) in [5, 5.41) is 0. The lowest BCUT2D eigenvalue weighted by atomic mass is 10.1. The van der Waals surface area contributed by atoms with Gasteiger partial charge in [0.25, 0.3) is 0 Å². The monoisotopic (exact) mass is 150 g/mol. The molecule has 2 heteroatoms. The first kappa shape index (κ1) is 8.09. The summed E-state index contributed by atoms with van der Waals surface area (Å²) < 4.78 is 0. The second-order valence-electron chi connectivity index (χ2n) is 3.22. The highest BCUT2D eigenvalue weighted by Gasteiger charge is 2.05. The molecule has 0 atom stereocenters. The second-order valence-corrected chi connectivity index (χ2v) is 3.22. The van der Waals surface area contributed by atoms with E-state index < -0.39 is 0 Å². The molecule has 0 saturated carbocycles. The van der Waals surface area contributed by atoms with Crippen molar-refractivity contribution in [1.29, 1.82) is 0 Å². The van der Waals surface area contributed by atoms with Gasteiger partial charge in [-0.25, -0.2) is 4.99 Å². The van der Waals surface area contributed by atoms with E-state index in [-0.39, 0.29) is 0 Å². The molecule has 2 nitrogen and oxygen atoms in total. The molecule has 0 aromatic heterocycles. The van der Waals surface area contributed by atoms with Crippen molar-refractivity contribution in [1.82, 2.24) is 4.90 Å². The number of hydrogen-bond donors (Lipinski definition) is 0. The zero-order valence-electron chi connectivity index (χ0n) is 7.33. The Bertz CT molecular complexity index is 220. The molecule has 0 fully saturated rings. The molecule has 0 N–H and O–H groups in total. The van der Waals surface area contributed by atoms with E-state index in [0.29, 0.717) is 5.92 Å². The molecule has 0 saturated heterocycles. The molecule has 0 aromatic carbocycles. The smallest absolute Gasteiger partial charge is 0.0662 e. The number of hydrogen-bond acceptors (Lipinski definition) is 2. The third-order valence-corrected chi connectivity index (χ3v) is 1.61. The highest BCUT2D eigenvalue weighted by Crippen LogP contribution is 2.15. The van der Waals surface area contributed by atoms with Gasteiger partial charge in [0.1, 0.15) is 0 Å². The van der Waals surface area contributed by atoms with E-state index in [1.807, 2.05) is 19.4 Å². The number of nitrogens with zero attached hydrogens (tertiary/aromatic N) is 2. The number of aliphatic imine (C=N–C) groups is 1. The zero-order chi connectivity index (χ0) is 8.27. The van der Waals surface area contributed by atoms with E-state index in [0.717, 1.165) is 6.42 Å². The maximum atomic E-state index is 3.95. The van der Waals surface area contributed by atoms with E-state index in [1.165, 1.54) is 5.70 Å². The topological polar surface area (TPSA) is 15.6 Å². The Morgan fingerprint density at radius 3 is 2.91 bits per heavy atom. The van der Waals surface area contributed by atoms with Crippen molar-refractivity contribution in [2.24, 2.45) is 10.9 Å². The van der Waals surface area contributed by atoms with Gasteiger partial charge >= 0.3 is 0 Å². The van der Waals surface area contributed by atoms with Crippen molar-refractivity contribution in [3.05, 3.63) is 18.1 Å². The van der Waals surface area contributed by atoms with E-state index in [9.17, 15) is 0 Å². The van der Waals surface area contributed by atoms with Crippen LogP contribution in [0.5, 0.6) is 0 Å². The van der Waals surface area contributed by atoms with Crippen LogP contribution in [-0.2, 0) is 0 Å². The Morgan fingerprint density at radius 2 is 2.36 bits per heavy atom. The Morgan fingerprint density at radius 1 is 1.64 bits per heavy atom. The van der Waals surface area contributed by atoms with Gasteiger partial charge in [0.2, 0.25) is 0 Å². The van der Waals surface area contributed by atoms with E-state index in [2.05, 4.69) is 29.6 Å². The lowest BCUT2D eigenvalue weighted by Crippen LogP contribution is -2.13. The zero-order valence-corrected chi connectivity index (χ0v) is 7.33. The van der Waals surface area contributed by atoms with E-state index in [4.69, 9.17) is 0 Å². The van der Waals surface area contributed by atoms with Gasteiger partial charge in [0.05, 0.1) is 12.4 Å². The molecule has 0 spiro atoms. The predicted molar refractivity (Wildman–Crippen MR) is 47.3 cm³/mol. The van der Waals surface area contributed by atoms with Crippen LogP contribution in [0.15, 0.2) is 23.1 Å². The van der Waals surface area contributed by atoms with Gasteiger partial charge < -0.3 is 4.90 Å². The van der Waals surface area contributed by atoms with E-state index >= 15 is 0 Å². The molecule has 0 aromatic rings. The standard InChI is InChI=1S/C9H14N2/c1-8(2)6-9-7-10-4-5-11(9)3/h5,7-8H,6H2,1-3H3. The summed E-state index contributed by atoms with van der Waals surface area (Å²) in [5.74, 6) is 3.47. The van der Waals surface area contributed by atoms with Crippen LogP contribution in [0, 0.1) is 5.92 Å². The van der Waals surface area contributed by atoms with Crippen LogP contribution in [0.2, 0.25) is 0 Å². The first-order valence-electron chi connectivity index (χ1n) is 3.90. The van der Waals surface area contributed by atoms with Crippen LogP contribution >= 0.6 is 0 Å². The molecule has 0 amide bonds. The summed E-state index contributed by atoms with van der Waals surface area (Å²) in [7, 11) is 2.02. The number of rotatable bonds is 2. The van der Waals surface area contributed by atoms with Gasteiger partial charge in [0.15, 0.2) is 0 Å². The largest absolute Gasteiger partial charge is 0.345 e. The Kier molecular flexibility index (Phi) is 2.50. The minimum atomic E-state index is 0.686. The van der Waals surface area contributed by atoms with Gasteiger partial charge in [-0.15, -0.1) is 0 Å². The minimum Gasteiger partial charge on any atom is -0.345 e. The maximum absolute atomic E-state index is 3.95. The lowest BCUT2D eigenvalue weighted by Gasteiger charge is -2.19. The van der Waals surface area contributed by atoms with Gasteiger partial charge in [-0.05, 0) is 12.3 Å². The van der Waals surface area contributed by atoms with Crippen molar-refractivity contribution in [3.8, 4) is 0 Å². The normalized spacial score (nSPS) is 16.0. The van der Waals surface area contributed by atoms with E-state index in [1.54, 1.807) is 0 Å². The van der Waals surface area contributed by atoms with Crippen LogP contribution in [0.3, 0.4) is 0 Å². The quantitative estimate of drug-likeness (QED) is 0.588. The third-order valence-electron chi connectivity index (χ3n) is 1.61. The summed E-state index contributed by atoms with van der Waals surface area (Å²) in [6.45, 7) is 4.41. The SMILES string of the molecule is CC(C)CC1=CN=C=CN1C. The molecule has 0 aliphatic carbocycles. The second kappa shape index (κ2) is 3.40. The Hall–Kier alpha value is -1.01. The third kappa shape index (κ3) is 2.24. The van der Waals surface area contributed by atoms with Crippen LogP contribution < -0.4 is 0 Å². The van der Waals surface area contributed by atoms with Crippen LogP contribution in [-0.4, -0.2) is 17.8 Å². The Balaban J connectivity index is 2.60. The fourth-order valence-electron chi connectivity index (χ4n) is 1.02. The summed E-state index contributed by atoms with van der Waals surface area (Å²) >= 11 is 0. The summed E-state index contributed by atoms with van der Waals surface area (Å²) in [4.78, 5) is 6.02. The van der Waals surface area contributed by atoms with Gasteiger partial charge in [-0.2, -0.15) is 0 Å². The highest BCUT2D eigenvalue weighted by atomic mass is 15.1. The van der Waals surface area contributed by atoms with Crippen LogP contribution in [0.1, 0.15) is 20.3 Å². The van der Waals surface area contributed by atoms with Crippen LogP contribution in [0.25, 0.3) is 0 Å². The lowest BCUT2D eigenvalue weighted by molar-refractivity contribution is 0.489. The Labute approximate surface area is 67.9 Å². The summed E-state index contributed by atoms with van der Waals surface area (Å²) in [5.41, 5.74) is 1.26. The van der Waals surface area contributed by atoms with Crippen molar-refractivity contribution in [2.75, 3.05) is 7.05 Å². The van der Waals surface area contributed by atoms with Gasteiger partial charge in [-0.3, -0.25) is 0 Å². The molecule has 60 valence electrons. The summed E-state index contributed by atoms with van der Waals surface area (Å²) in [6.07, 6.45) is 4.82. The van der Waals surface area contributed by atoms with Gasteiger partial charge in [-0.1, -0.05) is 13.8 Å². The molecular formula is C9H14N2. The molecule has 0 unspecified atom stereocenters. The summed E-state index contributed by atoms with van der Waals surface area (Å²) in [6, 6.07) is 0. The molecule has 0 bridgehead atoms. The molecule has 11 heavy (non-hydrogen) atoms. The predicted octanol–water partition coefficient (Wildman–Crippen LogP) is 2.00. The average molecular weight is 150 g/mol. The molecule has 1 aliphatic heterocycles. The minimum absolute atomic E-state index is 0.686. The van der Waals surface area contributed by atoms with Crippen molar-refractivity contribution in [3.63, 3.8) is 0 Å². The highest BCUT2D eigenvalue weighted by molar-refractivity contribution is 5.54. The molecule has 1 rings (SSSR count). The van der Waals surface area contributed by atoms with Crippen molar-refractivity contribution in [2.45, 2.75) is 20.3 Å². The molecular weight excluding hydrogens is 136 g/mol. The van der Waals surface area contributed by atoms with Crippen molar-refractivity contribution >= 4 is 5.87 Å². The molecule has 1 heterocycles. The van der Waals surface area contributed by atoms with Crippen LogP contribution in [0.4, 0.5) is 0 Å². The van der Waals surface area contributed by atoms with Gasteiger partial charge in [0, 0.05) is 18.6 Å². The first-order valence-corrected chi connectivity index (χ1v) is 3.90. The fraction of sp³-hybridized carbons (Fsp3) is 0.556. The fourth-order valence-corrected chi connectivity index (χ4v) is 1.02.